The first kappa shape index (κ1) is 15.3. The van der Waals surface area contributed by atoms with Gasteiger partial charge in [0.25, 0.3) is 0 Å². The molecular weight excluding hydrogens is 232 g/mol. The summed E-state index contributed by atoms with van der Waals surface area (Å²) in [6.45, 7) is 12.5. The van der Waals surface area contributed by atoms with Gasteiger partial charge in [-0.15, -0.1) is 0 Å². The lowest BCUT2D eigenvalue weighted by molar-refractivity contribution is 0.0480. The van der Waals surface area contributed by atoms with Crippen molar-refractivity contribution in [2.75, 3.05) is 33.2 Å². The molecule has 0 aromatic rings. The first-order valence-electron chi connectivity index (χ1n) is 8.32. The summed E-state index contributed by atoms with van der Waals surface area (Å²) >= 11 is 0. The highest BCUT2D eigenvalue weighted by atomic mass is 15.1. The van der Waals surface area contributed by atoms with Crippen LogP contribution in [-0.2, 0) is 0 Å². The maximum absolute atomic E-state index is 3.48. The van der Waals surface area contributed by atoms with Crippen LogP contribution in [0.15, 0.2) is 0 Å². The minimum atomic E-state index is 0.550. The van der Waals surface area contributed by atoms with Crippen molar-refractivity contribution in [2.24, 2.45) is 16.7 Å². The molecule has 112 valence electrons. The minimum absolute atomic E-state index is 0.550. The van der Waals surface area contributed by atoms with Crippen molar-refractivity contribution in [2.45, 2.75) is 59.3 Å². The average molecular weight is 266 g/mol. The molecule has 19 heavy (non-hydrogen) atoms. The van der Waals surface area contributed by atoms with Gasteiger partial charge in [-0.25, -0.2) is 0 Å². The molecule has 0 bridgehead atoms. The zero-order chi connectivity index (χ0) is 13.9. The first-order chi connectivity index (χ1) is 8.95. The molecule has 2 atom stereocenters. The molecule has 1 aliphatic heterocycles. The van der Waals surface area contributed by atoms with Crippen LogP contribution >= 0.6 is 0 Å². The van der Waals surface area contributed by atoms with E-state index in [2.05, 4.69) is 38.0 Å². The molecule has 1 aliphatic carbocycles. The summed E-state index contributed by atoms with van der Waals surface area (Å²) in [6, 6.07) is 0. The number of piperidine rings is 1. The Morgan fingerprint density at radius 3 is 2.42 bits per heavy atom. The smallest absolute Gasteiger partial charge is 0.00502 e. The largest absolute Gasteiger partial charge is 0.319 e. The monoisotopic (exact) mass is 266 g/mol. The van der Waals surface area contributed by atoms with Gasteiger partial charge >= 0.3 is 0 Å². The van der Waals surface area contributed by atoms with Gasteiger partial charge < -0.3 is 10.2 Å². The summed E-state index contributed by atoms with van der Waals surface area (Å²) in [5.41, 5.74) is 1.13. The van der Waals surface area contributed by atoms with Gasteiger partial charge in [-0.05, 0) is 62.6 Å². The Bertz CT molecular complexity index is 273. The maximum Gasteiger partial charge on any atom is 0.00502 e. The molecule has 0 amide bonds. The molecular formula is C17H34N2. The third kappa shape index (κ3) is 4.19. The van der Waals surface area contributed by atoms with Gasteiger partial charge in [0.1, 0.15) is 0 Å². The van der Waals surface area contributed by atoms with E-state index in [0.29, 0.717) is 10.8 Å². The lowest BCUT2D eigenvalue weighted by Crippen LogP contribution is -2.49. The molecule has 1 saturated carbocycles. The zero-order valence-electron chi connectivity index (χ0n) is 13.6. The van der Waals surface area contributed by atoms with E-state index in [0.717, 1.165) is 5.92 Å². The first-order valence-corrected chi connectivity index (χ1v) is 8.32. The van der Waals surface area contributed by atoms with Crippen molar-refractivity contribution >= 4 is 0 Å². The highest BCUT2D eigenvalue weighted by Crippen LogP contribution is 2.41. The normalized spacial score (nSPS) is 36.3. The van der Waals surface area contributed by atoms with Crippen LogP contribution in [0.25, 0.3) is 0 Å². The fourth-order valence-electron chi connectivity index (χ4n) is 4.29. The predicted molar refractivity (Wildman–Crippen MR) is 83.4 cm³/mol. The number of hydrogen-bond donors (Lipinski definition) is 1. The van der Waals surface area contributed by atoms with Crippen LogP contribution < -0.4 is 5.32 Å². The third-order valence-electron chi connectivity index (χ3n) is 5.51. The molecule has 0 aromatic heterocycles. The van der Waals surface area contributed by atoms with Crippen molar-refractivity contribution in [3.05, 3.63) is 0 Å². The topological polar surface area (TPSA) is 15.3 Å². The van der Waals surface area contributed by atoms with Crippen LogP contribution in [0.3, 0.4) is 0 Å². The molecule has 0 radical (unpaired) electrons. The highest BCUT2D eigenvalue weighted by Gasteiger charge is 2.37. The maximum atomic E-state index is 3.48. The predicted octanol–water partition coefficient (Wildman–Crippen LogP) is 3.52. The van der Waals surface area contributed by atoms with Crippen LogP contribution in [0.4, 0.5) is 0 Å². The van der Waals surface area contributed by atoms with Gasteiger partial charge in [0.15, 0.2) is 0 Å². The van der Waals surface area contributed by atoms with Gasteiger partial charge in [0.05, 0.1) is 0 Å². The summed E-state index contributed by atoms with van der Waals surface area (Å²) in [4.78, 5) is 2.75. The number of nitrogens with zero attached hydrogens (tertiary/aromatic N) is 1. The fourth-order valence-corrected chi connectivity index (χ4v) is 4.29. The summed E-state index contributed by atoms with van der Waals surface area (Å²) in [5, 5.41) is 3.48. The van der Waals surface area contributed by atoms with Crippen molar-refractivity contribution in [1.82, 2.24) is 10.2 Å². The summed E-state index contributed by atoms with van der Waals surface area (Å²) in [5.74, 6) is 0.920. The average Bonchev–Trinajstić information content (AvgIpc) is 2.32. The Morgan fingerprint density at radius 2 is 1.84 bits per heavy atom. The molecule has 0 aromatic carbocycles. The van der Waals surface area contributed by atoms with E-state index in [1.807, 2.05) is 0 Å². The van der Waals surface area contributed by atoms with E-state index in [9.17, 15) is 0 Å². The van der Waals surface area contributed by atoms with Gasteiger partial charge in [-0.1, -0.05) is 33.6 Å². The van der Waals surface area contributed by atoms with E-state index in [1.165, 1.54) is 64.7 Å². The van der Waals surface area contributed by atoms with Gasteiger partial charge in [0, 0.05) is 13.1 Å². The Labute approximate surface area is 120 Å². The molecule has 1 N–H and O–H groups in total. The number of hydrogen-bond acceptors (Lipinski definition) is 2. The third-order valence-corrected chi connectivity index (χ3v) is 5.51. The zero-order valence-corrected chi connectivity index (χ0v) is 13.6. The molecule has 1 saturated heterocycles. The highest BCUT2D eigenvalue weighted by molar-refractivity contribution is 4.91. The molecule has 2 nitrogen and oxygen atoms in total. The number of rotatable bonds is 4. The SMILES string of the molecule is CNCC1(CN2CCC(C)(C)CC2)CCCC(C)C1. The molecule has 2 heteroatoms. The minimum Gasteiger partial charge on any atom is -0.319 e. The van der Waals surface area contributed by atoms with Gasteiger partial charge in [0.2, 0.25) is 0 Å². The lowest BCUT2D eigenvalue weighted by atomic mass is 9.69. The fraction of sp³-hybridized carbons (Fsp3) is 1.00. The summed E-state index contributed by atoms with van der Waals surface area (Å²) in [6.07, 6.45) is 8.48. The Kier molecular flexibility index (Phi) is 4.94. The van der Waals surface area contributed by atoms with Gasteiger partial charge in [-0.2, -0.15) is 0 Å². The molecule has 2 aliphatic rings. The van der Waals surface area contributed by atoms with Crippen LogP contribution in [0.2, 0.25) is 0 Å². The van der Waals surface area contributed by atoms with Crippen LogP contribution in [-0.4, -0.2) is 38.1 Å². The van der Waals surface area contributed by atoms with Crippen molar-refractivity contribution in [3.8, 4) is 0 Å². The number of likely N-dealkylation sites (tertiary alicyclic amines) is 1. The molecule has 1 heterocycles. The van der Waals surface area contributed by atoms with E-state index in [1.54, 1.807) is 0 Å². The van der Waals surface area contributed by atoms with E-state index in [-0.39, 0.29) is 0 Å². The Hall–Kier alpha value is -0.0800. The Morgan fingerprint density at radius 1 is 1.16 bits per heavy atom. The second kappa shape index (κ2) is 6.13. The second-order valence-electron chi connectivity index (χ2n) is 8.17. The quantitative estimate of drug-likeness (QED) is 0.837. The molecule has 0 spiro atoms. The van der Waals surface area contributed by atoms with Gasteiger partial charge in [-0.3, -0.25) is 0 Å². The Balaban J connectivity index is 1.93. The van der Waals surface area contributed by atoms with Crippen LogP contribution in [0.5, 0.6) is 0 Å². The molecule has 2 unspecified atom stereocenters. The van der Waals surface area contributed by atoms with E-state index >= 15 is 0 Å². The lowest BCUT2D eigenvalue weighted by Gasteiger charge is -2.46. The summed E-state index contributed by atoms with van der Waals surface area (Å²) < 4.78 is 0. The van der Waals surface area contributed by atoms with Crippen LogP contribution in [0, 0.1) is 16.7 Å². The van der Waals surface area contributed by atoms with Crippen molar-refractivity contribution in [1.29, 1.82) is 0 Å². The second-order valence-corrected chi connectivity index (χ2v) is 8.17. The standard InChI is InChI=1S/C17H34N2/c1-15-6-5-7-17(12-15,13-18-4)14-19-10-8-16(2,3)9-11-19/h15,18H,5-14H2,1-4H3. The van der Waals surface area contributed by atoms with Crippen LogP contribution in [0.1, 0.15) is 59.3 Å². The number of nitrogens with one attached hydrogen (secondary N) is 1. The van der Waals surface area contributed by atoms with E-state index < -0.39 is 0 Å². The molecule has 2 fully saturated rings. The van der Waals surface area contributed by atoms with E-state index in [4.69, 9.17) is 0 Å². The van der Waals surface area contributed by atoms with Crippen molar-refractivity contribution < 1.29 is 0 Å². The molecule has 2 rings (SSSR count). The summed E-state index contributed by atoms with van der Waals surface area (Å²) in [7, 11) is 2.13. The van der Waals surface area contributed by atoms with Crippen molar-refractivity contribution in [3.63, 3.8) is 0 Å².